The number of imidazole rings is 1. The lowest BCUT2D eigenvalue weighted by atomic mass is 10.1. The monoisotopic (exact) mass is 263 g/mol. The van der Waals surface area contributed by atoms with Gasteiger partial charge in [0.25, 0.3) is 5.91 Å². The maximum absolute atomic E-state index is 11.9. The number of aromatic amines is 2. The van der Waals surface area contributed by atoms with Gasteiger partial charge in [-0.3, -0.25) is 9.89 Å². The number of aliphatic carboxylic acids is 1. The zero-order chi connectivity index (χ0) is 13.8. The Hall–Kier alpha value is -2.64. The summed E-state index contributed by atoms with van der Waals surface area (Å²) in [7, 11) is 0. The van der Waals surface area contributed by atoms with Crippen LogP contribution >= 0.6 is 0 Å². The smallest absolute Gasteiger partial charge is 0.326 e. The van der Waals surface area contributed by atoms with Crippen LogP contribution in [0.2, 0.25) is 0 Å². The fourth-order valence-corrected chi connectivity index (χ4v) is 1.62. The number of aromatic nitrogens is 4. The Balaban J connectivity index is 2.07. The summed E-state index contributed by atoms with van der Waals surface area (Å²) in [6.07, 6.45) is 4.60. The molecule has 0 aliphatic heterocycles. The van der Waals surface area contributed by atoms with Crippen molar-refractivity contribution in [1.29, 1.82) is 0 Å². The normalized spacial score (nSPS) is 12.1. The molecule has 0 bridgehead atoms. The predicted molar refractivity (Wildman–Crippen MR) is 64.5 cm³/mol. The Kier molecular flexibility index (Phi) is 3.60. The third kappa shape index (κ3) is 2.97. The van der Waals surface area contributed by atoms with E-state index < -0.39 is 17.9 Å². The van der Waals surface area contributed by atoms with Gasteiger partial charge in [-0.2, -0.15) is 5.10 Å². The van der Waals surface area contributed by atoms with Gasteiger partial charge >= 0.3 is 5.97 Å². The van der Waals surface area contributed by atoms with Crippen LogP contribution < -0.4 is 5.32 Å². The van der Waals surface area contributed by atoms with Crippen LogP contribution in [0.15, 0.2) is 18.7 Å². The molecule has 2 aromatic heterocycles. The van der Waals surface area contributed by atoms with Gasteiger partial charge in [0.05, 0.1) is 12.5 Å². The number of aryl methyl sites for hydroxylation is 1. The lowest BCUT2D eigenvalue weighted by molar-refractivity contribution is -0.139. The molecule has 0 aromatic carbocycles. The van der Waals surface area contributed by atoms with Gasteiger partial charge in [0.2, 0.25) is 0 Å². The molecule has 2 rings (SSSR count). The molecule has 8 nitrogen and oxygen atoms in total. The number of nitrogens with zero attached hydrogens (tertiary/aromatic N) is 2. The van der Waals surface area contributed by atoms with Crippen LogP contribution in [0.3, 0.4) is 0 Å². The number of rotatable bonds is 5. The summed E-state index contributed by atoms with van der Waals surface area (Å²) >= 11 is 0. The molecule has 0 spiro atoms. The molecule has 0 aliphatic rings. The zero-order valence-electron chi connectivity index (χ0n) is 10.2. The quantitative estimate of drug-likeness (QED) is 0.598. The number of carbonyl (C=O) groups is 2. The van der Waals surface area contributed by atoms with Gasteiger partial charge in [0.1, 0.15) is 11.7 Å². The summed E-state index contributed by atoms with van der Waals surface area (Å²) < 4.78 is 0. The van der Waals surface area contributed by atoms with Gasteiger partial charge < -0.3 is 15.4 Å². The highest BCUT2D eigenvalue weighted by molar-refractivity contribution is 5.96. The van der Waals surface area contributed by atoms with Crippen LogP contribution in [0.25, 0.3) is 0 Å². The SMILES string of the molecule is Cc1cn[nH]c1C(=O)N[C@@H](Cc1cnc[nH]1)C(=O)O. The van der Waals surface area contributed by atoms with Gasteiger partial charge in [0, 0.05) is 18.3 Å². The summed E-state index contributed by atoms with van der Waals surface area (Å²) in [5, 5.41) is 17.8. The topological polar surface area (TPSA) is 124 Å². The predicted octanol–water partition coefficient (Wildman–Crippen LogP) is -0.133. The highest BCUT2D eigenvalue weighted by atomic mass is 16.4. The third-order valence-corrected chi connectivity index (χ3v) is 2.64. The van der Waals surface area contributed by atoms with Crippen molar-refractivity contribution in [2.45, 2.75) is 19.4 Å². The average molecular weight is 263 g/mol. The Morgan fingerprint density at radius 1 is 1.47 bits per heavy atom. The van der Waals surface area contributed by atoms with Crippen LogP contribution in [-0.4, -0.2) is 43.2 Å². The maximum atomic E-state index is 11.9. The molecule has 8 heteroatoms. The molecular formula is C11H13N5O3. The van der Waals surface area contributed by atoms with Crippen LogP contribution in [0, 0.1) is 6.92 Å². The molecule has 4 N–H and O–H groups in total. The van der Waals surface area contributed by atoms with Crippen molar-refractivity contribution in [3.8, 4) is 0 Å². The van der Waals surface area contributed by atoms with Crippen LogP contribution in [-0.2, 0) is 11.2 Å². The summed E-state index contributed by atoms with van der Waals surface area (Å²) in [4.78, 5) is 29.6. The van der Waals surface area contributed by atoms with Crippen LogP contribution in [0.1, 0.15) is 21.7 Å². The first kappa shape index (κ1) is 12.8. The lowest BCUT2D eigenvalue weighted by Gasteiger charge is -2.13. The first-order valence-electron chi connectivity index (χ1n) is 5.59. The van der Waals surface area contributed by atoms with E-state index in [4.69, 9.17) is 5.11 Å². The molecule has 1 amide bonds. The number of carboxylic acid groups (broad SMARTS) is 1. The molecule has 2 heterocycles. The van der Waals surface area contributed by atoms with E-state index in [0.717, 1.165) is 0 Å². The number of carboxylic acids is 1. The summed E-state index contributed by atoms with van der Waals surface area (Å²) in [6, 6.07) is -1.03. The van der Waals surface area contributed by atoms with Gasteiger partial charge in [-0.05, 0) is 12.5 Å². The van der Waals surface area contributed by atoms with E-state index in [1.165, 1.54) is 18.7 Å². The number of amides is 1. The minimum absolute atomic E-state index is 0.133. The summed E-state index contributed by atoms with van der Waals surface area (Å²) in [5.74, 6) is -1.61. The fraction of sp³-hybridized carbons (Fsp3) is 0.273. The zero-order valence-corrected chi connectivity index (χ0v) is 10.2. The van der Waals surface area contributed by atoms with Crippen molar-refractivity contribution in [3.05, 3.63) is 35.7 Å². The average Bonchev–Trinajstić information content (AvgIpc) is 2.99. The van der Waals surface area contributed by atoms with Crippen molar-refractivity contribution < 1.29 is 14.7 Å². The second kappa shape index (κ2) is 5.34. The molecule has 0 fully saturated rings. The second-order valence-electron chi connectivity index (χ2n) is 4.07. The number of hydrogen-bond acceptors (Lipinski definition) is 4. The van der Waals surface area contributed by atoms with Crippen molar-refractivity contribution in [3.63, 3.8) is 0 Å². The van der Waals surface area contributed by atoms with E-state index >= 15 is 0 Å². The molecule has 0 unspecified atom stereocenters. The van der Waals surface area contributed by atoms with E-state index in [1.54, 1.807) is 6.92 Å². The largest absolute Gasteiger partial charge is 0.480 e. The number of H-pyrrole nitrogens is 2. The van der Waals surface area contributed by atoms with Gasteiger partial charge in [-0.25, -0.2) is 9.78 Å². The molecule has 0 radical (unpaired) electrons. The Morgan fingerprint density at radius 3 is 2.79 bits per heavy atom. The first-order chi connectivity index (χ1) is 9.08. The van der Waals surface area contributed by atoms with Crippen molar-refractivity contribution in [1.82, 2.24) is 25.5 Å². The fourth-order valence-electron chi connectivity index (χ4n) is 1.62. The van der Waals surface area contributed by atoms with Gasteiger partial charge in [-0.15, -0.1) is 0 Å². The minimum atomic E-state index is -1.11. The highest BCUT2D eigenvalue weighted by Crippen LogP contribution is 2.04. The van der Waals surface area contributed by atoms with Gasteiger partial charge in [-0.1, -0.05) is 0 Å². The van der Waals surface area contributed by atoms with Crippen LogP contribution in [0.4, 0.5) is 0 Å². The van der Waals surface area contributed by atoms with Crippen molar-refractivity contribution >= 4 is 11.9 Å². The van der Waals surface area contributed by atoms with E-state index in [2.05, 4.69) is 25.5 Å². The molecule has 0 saturated carbocycles. The van der Waals surface area contributed by atoms with Crippen molar-refractivity contribution in [2.24, 2.45) is 0 Å². The Bertz CT molecular complexity index is 575. The third-order valence-electron chi connectivity index (χ3n) is 2.64. The molecular weight excluding hydrogens is 250 g/mol. The second-order valence-corrected chi connectivity index (χ2v) is 4.07. The standard InChI is InChI=1S/C11H13N5O3/c1-6-3-14-16-9(6)10(17)15-8(11(18)19)2-7-4-12-5-13-7/h3-5,8H,2H2,1H3,(H,12,13)(H,14,16)(H,15,17)(H,18,19)/t8-/m0/s1. The number of hydrogen-bond donors (Lipinski definition) is 4. The highest BCUT2D eigenvalue weighted by Gasteiger charge is 2.23. The Labute approximate surface area is 108 Å². The lowest BCUT2D eigenvalue weighted by Crippen LogP contribution is -2.42. The van der Waals surface area contributed by atoms with Crippen LogP contribution in [0.5, 0.6) is 0 Å². The molecule has 1 atom stereocenters. The van der Waals surface area contributed by atoms with Gasteiger partial charge in [0.15, 0.2) is 0 Å². The summed E-state index contributed by atoms with van der Waals surface area (Å²) in [6.45, 7) is 1.71. The number of nitrogens with one attached hydrogen (secondary N) is 3. The molecule has 0 aliphatic carbocycles. The molecule has 2 aromatic rings. The minimum Gasteiger partial charge on any atom is -0.480 e. The first-order valence-corrected chi connectivity index (χ1v) is 5.59. The summed E-state index contributed by atoms with van der Waals surface area (Å²) in [5.41, 5.74) is 1.55. The maximum Gasteiger partial charge on any atom is 0.326 e. The number of carbonyl (C=O) groups excluding carboxylic acids is 1. The molecule has 19 heavy (non-hydrogen) atoms. The van der Waals surface area contributed by atoms with E-state index in [-0.39, 0.29) is 12.1 Å². The molecule has 100 valence electrons. The molecule has 0 saturated heterocycles. The van der Waals surface area contributed by atoms with Crippen molar-refractivity contribution in [2.75, 3.05) is 0 Å². The van der Waals surface area contributed by atoms with E-state index in [0.29, 0.717) is 11.3 Å². The van der Waals surface area contributed by atoms with E-state index in [1.807, 2.05) is 0 Å². The Morgan fingerprint density at radius 2 is 2.26 bits per heavy atom. The van der Waals surface area contributed by atoms with E-state index in [9.17, 15) is 9.59 Å².